The van der Waals surface area contributed by atoms with E-state index in [1.165, 1.54) is 0 Å². The van der Waals surface area contributed by atoms with Crippen LogP contribution in [-0.2, 0) is 24.4 Å². The van der Waals surface area contributed by atoms with Crippen LogP contribution in [0.5, 0.6) is 0 Å². The molecule has 0 aliphatic heterocycles. The summed E-state index contributed by atoms with van der Waals surface area (Å²) >= 11 is 0. The van der Waals surface area contributed by atoms with Gasteiger partial charge in [-0.1, -0.05) is 35.6 Å². The summed E-state index contributed by atoms with van der Waals surface area (Å²) in [5.74, 6) is 0. The second-order valence-electron chi connectivity index (χ2n) is 2.72. The van der Waals surface area contributed by atoms with Crippen LogP contribution in [0.1, 0.15) is 32.6 Å². The minimum absolute atomic E-state index is 0.343. The van der Waals surface area contributed by atoms with Crippen molar-refractivity contribution in [1.29, 1.82) is 0 Å². The van der Waals surface area contributed by atoms with Crippen molar-refractivity contribution in [2.75, 3.05) is 12.9 Å². The Labute approximate surface area is 79.0 Å². The van der Waals surface area contributed by atoms with Gasteiger partial charge in [-0.25, -0.2) is 4.89 Å². The van der Waals surface area contributed by atoms with Crippen LogP contribution in [0.15, 0.2) is 0 Å². The Morgan fingerprint density at radius 2 is 1.85 bits per heavy atom. The minimum atomic E-state index is -3.57. The van der Waals surface area contributed by atoms with Crippen molar-refractivity contribution in [3.63, 3.8) is 0 Å². The maximum atomic E-state index is 10.3. The molecule has 5 nitrogen and oxygen atoms in total. The second kappa shape index (κ2) is 7.25. The lowest BCUT2D eigenvalue weighted by Gasteiger charge is -2.00. The van der Waals surface area contributed by atoms with Crippen molar-refractivity contribution < 1.29 is 22.7 Å². The molecule has 0 saturated carbocycles. The molecule has 0 bridgehead atoms. The fourth-order valence-electron chi connectivity index (χ4n) is 0.692. The topological polar surface area (TPSA) is 61.8 Å². The molecule has 0 aromatic heterocycles. The summed E-state index contributed by atoms with van der Waals surface area (Å²) in [5, 5.41) is 3.99. The molecule has 6 heteroatoms. The van der Waals surface area contributed by atoms with Crippen molar-refractivity contribution >= 4 is 10.1 Å². The highest BCUT2D eigenvalue weighted by molar-refractivity contribution is 7.85. The fourth-order valence-corrected chi connectivity index (χ4v) is 0.832. The van der Waals surface area contributed by atoms with Crippen LogP contribution < -0.4 is 0 Å². The molecule has 0 amide bonds. The van der Waals surface area contributed by atoms with E-state index in [9.17, 15) is 8.42 Å². The zero-order valence-corrected chi connectivity index (χ0v) is 8.80. The van der Waals surface area contributed by atoms with E-state index in [4.69, 9.17) is 0 Å². The summed E-state index contributed by atoms with van der Waals surface area (Å²) in [4.78, 5) is 4.45. The molecule has 0 aromatic rings. The van der Waals surface area contributed by atoms with Gasteiger partial charge in [0, 0.05) is 0 Å². The van der Waals surface area contributed by atoms with Gasteiger partial charge in [-0.15, -0.1) is 0 Å². The molecule has 0 N–H and O–H groups in total. The number of hydrogen-bond donors (Lipinski definition) is 0. The summed E-state index contributed by atoms with van der Waals surface area (Å²) in [5.41, 5.74) is 0. The molecule has 0 aliphatic rings. The van der Waals surface area contributed by atoms with Crippen molar-refractivity contribution in [1.82, 2.24) is 0 Å². The third-order valence-electron chi connectivity index (χ3n) is 1.28. The molecule has 0 aliphatic carbocycles. The SMILES string of the molecule is CCCCCCOOOS(C)(=O)=O. The Hall–Kier alpha value is -0.170. The van der Waals surface area contributed by atoms with Gasteiger partial charge in [0.2, 0.25) is 0 Å². The van der Waals surface area contributed by atoms with Crippen LogP contribution in [0, 0.1) is 0 Å². The second-order valence-corrected chi connectivity index (χ2v) is 4.27. The first kappa shape index (κ1) is 12.8. The van der Waals surface area contributed by atoms with Crippen molar-refractivity contribution in [2.24, 2.45) is 0 Å². The van der Waals surface area contributed by atoms with Crippen LogP contribution in [0.3, 0.4) is 0 Å². The summed E-state index contributed by atoms with van der Waals surface area (Å²) in [6.07, 6.45) is 5.03. The van der Waals surface area contributed by atoms with Crippen LogP contribution in [0.4, 0.5) is 0 Å². The van der Waals surface area contributed by atoms with Gasteiger partial charge in [0.05, 0.1) is 12.9 Å². The molecule has 13 heavy (non-hydrogen) atoms. The highest BCUT2D eigenvalue weighted by atomic mass is 32.2. The standard InChI is InChI=1S/C7H16O5S/c1-3-4-5-6-7-10-11-12-13(2,8)9/h3-7H2,1-2H3. The summed E-state index contributed by atoms with van der Waals surface area (Å²) < 4.78 is 24.6. The van der Waals surface area contributed by atoms with E-state index < -0.39 is 10.1 Å². The third-order valence-corrected chi connectivity index (χ3v) is 1.58. The Kier molecular flexibility index (Phi) is 7.16. The Morgan fingerprint density at radius 1 is 1.15 bits per heavy atom. The van der Waals surface area contributed by atoms with E-state index in [0.29, 0.717) is 6.61 Å². The van der Waals surface area contributed by atoms with Gasteiger partial charge in [0.25, 0.3) is 10.1 Å². The average Bonchev–Trinajstić information content (AvgIpc) is 2.01. The summed E-state index contributed by atoms with van der Waals surface area (Å²) in [7, 11) is -3.57. The van der Waals surface area contributed by atoms with E-state index in [1.54, 1.807) is 0 Å². The van der Waals surface area contributed by atoms with Gasteiger partial charge in [0.1, 0.15) is 0 Å². The molecule has 0 fully saturated rings. The summed E-state index contributed by atoms with van der Waals surface area (Å²) in [6.45, 7) is 2.44. The van der Waals surface area contributed by atoms with Gasteiger partial charge in [-0.2, -0.15) is 8.42 Å². The smallest absolute Gasteiger partial charge is 0.205 e. The Morgan fingerprint density at radius 3 is 2.38 bits per heavy atom. The molecular formula is C7H16O5S. The maximum Gasteiger partial charge on any atom is 0.293 e. The lowest BCUT2D eigenvalue weighted by atomic mass is 10.2. The Bertz CT molecular complexity index is 199. The quantitative estimate of drug-likeness (QED) is 0.346. The zero-order chi connectivity index (χ0) is 10.2. The molecule has 0 spiro atoms. The number of unbranched alkanes of at least 4 members (excludes halogenated alkanes) is 3. The van der Waals surface area contributed by atoms with Crippen LogP contribution in [0.2, 0.25) is 0 Å². The number of rotatable bonds is 8. The molecule has 0 atom stereocenters. The van der Waals surface area contributed by atoms with Crippen LogP contribution in [-0.4, -0.2) is 21.3 Å². The highest BCUT2D eigenvalue weighted by Gasteiger charge is 2.02. The largest absolute Gasteiger partial charge is 0.293 e. The summed E-state index contributed by atoms with van der Waals surface area (Å²) in [6, 6.07) is 0. The molecule has 0 radical (unpaired) electrons. The van der Waals surface area contributed by atoms with E-state index in [-0.39, 0.29) is 0 Å². The maximum absolute atomic E-state index is 10.3. The van der Waals surface area contributed by atoms with Crippen LogP contribution >= 0.6 is 0 Å². The van der Waals surface area contributed by atoms with Gasteiger partial charge in [-0.3, -0.25) is 0 Å². The third kappa shape index (κ3) is 11.8. The average molecular weight is 212 g/mol. The fraction of sp³-hybridized carbons (Fsp3) is 1.00. The van der Waals surface area contributed by atoms with E-state index >= 15 is 0 Å². The normalized spacial score (nSPS) is 11.8. The molecule has 0 rings (SSSR count). The Balaban J connectivity index is 3.09. The van der Waals surface area contributed by atoms with E-state index in [1.807, 2.05) is 0 Å². The minimum Gasteiger partial charge on any atom is -0.205 e. The van der Waals surface area contributed by atoms with E-state index in [0.717, 1.165) is 31.9 Å². The zero-order valence-electron chi connectivity index (χ0n) is 7.99. The highest BCUT2D eigenvalue weighted by Crippen LogP contribution is 1.99. The number of hydrogen-bond acceptors (Lipinski definition) is 5. The van der Waals surface area contributed by atoms with Gasteiger partial charge >= 0.3 is 0 Å². The monoisotopic (exact) mass is 212 g/mol. The van der Waals surface area contributed by atoms with E-state index in [2.05, 4.69) is 21.2 Å². The van der Waals surface area contributed by atoms with Gasteiger partial charge in [0.15, 0.2) is 0 Å². The van der Waals surface area contributed by atoms with Gasteiger partial charge < -0.3 is 0 Å². The molecule has 0 saturated heterocycles. The van der Waals surface area contributed by atoms with Gasteiger partial charge in [-0.05, 0) is 6.42 Å². The first-order valence-electron chi connectivity index (χ1n) is 4.24. The molecule has 0 unspecified atom stereocenters. The molecule has 0 heterocycles. The lowest BCUT2D eigenvalue weighted by Crippen LogP contribution is -2.05. The first-order valence-corrected chi connectivity index (χ1v) is 6.05. The lowest BCUT2D eigenvalue weighted by molar-refractivity contribution is -0.464. The first-order chi connectivity index (χ1) is 6.06. The van der Waals surface area contributed by atoms with Crippen molar-refractivity contribution in [2.45, 2.75) is 32.6 Å². The molecular weight excluding hydrogens is 196 g/mol. The molecule has 80 valence electrons. The predicted octanol–water partition coefficient (Wildman–Crippen LogP) is 1.41. The van der Waals surface area contributed by atoms with Crippen molar-refractivity contribution in [3.05, 3.63) is 0 Å². The van der Waals surface area contributed by atoms with Crippen LogP contribution in [0.25, 0.3) is 0 Å². The predicted molar refractivity (Wildman–Crippen MR) is 47.1 cm³/mol. The van der Waals surface area contributed by atoms with Crippen molar-refractivity contribution in [3.8, 4) is 0 Å². The molecule has 0 aromatic carbocycles.